The molecular formula is C22H21NO3S. The molecule has 2 aromatic carbocycles. The van der Waals surface area contributed by atoms with E-state index in [9.17, 15) is 9.59 Å². The fraction of sp³-hybridized carbons (Fsp3) is 0.273. The number of carbonyl (C=O) groups is 2. The van der Waals surface area contributed by atoms with Crippen molar-refractivity contribution in [2.45, 2.75) is 25.5 Å². The van der Waals surface area contributed by atoms with Crippen molar-refractivity contribution in [3.8, 4) is 0 Å². The van der Waals surface area contributed by atoms with Crippen LogP contribution in [0.2, 0.25) is 0 Å². The van der Waals surface area contributed by atoms with E-state index in [1.165, 1.54) is 0 Å². The van der Waals surface area contributed by atoms with E-state index in [0.29, 0.717) is 5.75 Å². The summed E-state index contributed by atoms with van der Waals surface area (Å²) in [6, 6.07) is 19.2. The minimum atomic E-state index is -1.36. The van der Waals surface area contributed by atoms with Gasteiger partial charge in [-0.3, -0.25) is 4.79 Å². The van der Waals surface area contributed by atoms with Crippen molar-refractivity contribution in [1.82, 2.24) is 0 Å². The van der Waals surface area contributed by atoms with E-state index in [0.717, 1.165) is 34.7 Å². The molecule has 0 saturated carbocycles. The molecular weight excluding hydrogens is 358 g/mol. The summed E-state index contributed by atoms with van der Waals surface area (Å²) in [5.74, 6) is 0.968. The third-order valence-electron chi connectivity index (χ3n) is 5.14. The zero-order valence-electron chi connectivity index (χ0n) is 15.2. The molecule has 0 radical (unpaired) electrons. The van der Waals surface area contributed by atoms with Crippen LogP contribution in [0.3, 0.4) is 0 Å². The maximum Gasteiger partial charge on any atom is 0.340 e. The van der Waals surface area contributed by atoms with E-state index in [1.54, 1.807) is 18.7 Å². The van der Waals surface area contributed by atoms with Gasteiger partial charge in [0.1, 0.15) is 6.61 Å². The van der Waals surface area contributed by atoms with Crippen molar-refractivity contribution in [3.05, 3.63) is 77.5 Å². The molecule has 2 heterocycles. The summed E-state index contributed by atoms with van der Waals surface area (Å²) in [4.78, 5) is 28.3. The zero-order chi connectivity index (χ0) is 18.9. The topological polar surface area (TPSA) is 46.6 Å². The first-order valence-corrected chi connectivity index (χ1v) is 10.2. The molecule has 2 aliphatic heterocycles. The second kappa shape index (κ2) is 7.24. The van der Waals surface area contributed by atoms with Gasteiger partial charge in [-0.15, -0.1) is 0 Å². The van der Waals surface area contributed by atoms with Crippen molar-refractivity contribution in [1.29, 1.82) is 0 Å². The van der Waals surface area contributed by atoms with Gasteiger partial charge in [0.15, 0.2) is 5.78 Å². The largest absolute Gasteiger partial charge is 0.459 e. The average molecular weight is 379 g/mol. The first-order valence-electron chi connectivity index (χ1n) is 9.03. The summed E-state index contributed by atoms with van der Waals surface area (Å²) in [6.45, 7) is 1.85. The summed E-state index contributed by atoms with van der Waals surface area (Å²) in [7, 11) is 0. The van der Waals surface area contributed by atoms with Gasteiger partial charge in [0.2, 0.25) is 5.54 Å². The van der Waals surface area contributed by atoms with E-state index in [1.807, 2.05) is 65.6 Å². The number of hydrogen-bond donors (Lipinski definition) is 0. The molecule has 0 bridgehead atoms. The number of allylic oxidation sites excluding steroid dienone is 1. The standard InChI is InChI=1S/C22H21NO3S/c1-22(21(25)26-14-16-8-4-2-5-9-16)20(24)18-15-27-13-12-19(18)23(22)17-10-6-3-7-11-17/h2-11H,12-15H2,1H3/t22-/m0/s1. The van der Waals surface area contributed by atoms with Crippen molar-refractivity contribution < 1.29 is 14.3 Å². The van der Waals surface area contributed by atoms with Gasteiger partial charge in [0.05, 0.1) is 0 Å². The van der Waals surface area contributed by atoms with Crippen LogP contribution < -0.4 is 4.90 Å². The number of ether oxygens (including phenoxy) is 1. The molecule has 0 unspecified atom stereocenters. The van der Waals surface area contributed by atoms with Crippen molar-refractivity contribution in [2.24, 2.45) is 0 Å². The number of anilines is 1. The molecule has 0 N–H and O–H groups in total. The number of esters is 1. The Labute approximate surface area is 163 Å². The summed E-state index contributed by atoms with van der Waals surface area (Å²) < 4.78 is 5.61. The van der Waals surface area contributed by atoms with Crippen LogP contribution in [0.5, 0.6) is 0 Å². The zero-order valence-corrected chi connectivity index (χ0v) is 16.0. The molecule has 0 aliphatic carbocycles. The molecule has 2 aliphatic rings. The molecule has 4 nitrogen and oxygen atoms in total. The SMILES string of the molecule is C[C@@]1(C(=O)OCc2ccccc2)C(=O)C2=C(CCSC2)N1c1ccccc1. The van der Waals surface area contributed by atoms with Gasteiger partial charge in [-0.05, 0) is 36.8 Å². The highest BCUT2D eigenvalue weighted by Gasteiger charge is 2.56. The van der Waals surface area contributed by atoms with Gasteiger partial charge in [-0.2, -0.15) is 11.8 Å². The minimum Gasteiger partial charge on any atom is -0.459 e. The molecule has 0 aromatic heterocycles. The molecule has 0 saturated heterocycles. The molecule has 0 spiro atoms. The van der Waals surface area contributed by atoms with Gasteiger partial charge >= 0.3 is 5.97 Å². The highest BCUT2D eigenvalue weighted by Crippen LogP contribution is 2.44. The van der Waals surface area contributed by atoms with Gasteiger partial charge < -0.3 is 9.64 Å². The van der Waals surface area contributed by atoms with Crippen LogP contribution in [0.4, 0.5) is 5.69 Å². The van der Waals surface area contributed by atoms with E-state index in [2.05, 4.69) is 0 Å². The number of carbonyl (C=O) groups excluding carboxylic acids is 2. The molecule has 0 amide bonds. The predicted molar refractivity (Wildman–Crippen MR) is 108 cm³/mol. The van der Waals surface area contributed by atoms with Crippen LogP contribution >= 0.6 is 11.8 Å². The molecule has 1 atom stereocenters. The molecule has 138 valence electrons. The Balaban J connectivity index is 1.68. The number of Topliss-reactive ketones (excluding diaryl/α,β-unsaturated/α-hetero) is 1. The number of benzene rings is 2. The quantitative estimate of drug-likeness (QED) is 0.594. The van der Waals surface area contributed by atoms with Crippen LogP contribution in [-0.4, -0.2) is 28.8 Å². The Morgan fingerprint density at radius 1 is 1.11 bits per heavy atom. The maximum atomic E-state index is 13.3. The second-order valence-corrected chi connectivity index (χ2v) is 7.97. The Hall–Kier alpha value is -2.53. The van der Waals surface area contributed by atoms with E-state index >= 15 is 0 Å². The van der Waals surface area contributed by atoms with Crippen LogP contribution in [0.25, 0.3) is 0 Å². The first kappa shape index (κ1) is 17.9. The van der Waals surface area contributed by atoms with E-state index in [-0.39, 0.29) is 12.4 Å². The van der Waals surface area contributed by atoms with Crippen LogP contribution in [0.1, 0.15) is 18.9 Å². The van der Waals surface area contributed by atoms with E-state index < -0.39 is 11.5 Å². The molecule has 27 heavy (non-hydrogen) atoms. The van der Waals surface area contributed by atoms with Gasteiger partial charge in [0.25, 0.3) is 0 Å². The monoisotopic (exact) mass is 379 g/mol. The number of rotatable bonds is 4. The molecule has 4 rings (SSSR count). The van der Waals surface area contributed by atoms with Crippen molar-refractivity contribution >= 4 is 29.2 Å². The number of para-hydroxylation sites is 1. The molecule has 0 fully saturated rings. The van der Waals surface area contributed by atoms with Gasteiger partial charge in [0, 0.05) is 22.7 Å². The first-order chi connectivity index (χ1) is 13.1. The third-order valence-corrected chi connectivity index (χ3v) is 6.12. The van der Waals surface area contributed by atoms with Crippen molar-refractivity contribution in [3.63, 3.8) is 0 Å². The number of nitrogens with zero attached hydrogens (tertiary/aromatic N) is 1. The van der Waals surface area contributed by atoms with Crippen LogP contribution in [-0.2, 0) is 20.9 Å². The normalized spacial score (nSPS) is 22.0. The lowest BCUT2D eigenvalue weighted by Gasteiger charge is -2.35. The maximum absolute atomic E-state index is 13.3. The lowest BCUT2D eigenvalue weighted by atomic mass is 9.94. The van der Waals surface area contributed by atoms with Crippen LogP contribution in [0.15, 0.2) is 71.9 Å². The lowest BCUT2D eigenvalue weighted by molar-refractivity contribution is -0.153. The Bertz CT molecular complexity index is 894. The highest BCUT2D eigenvalue weighted by atomic mass is 32.2. The predicted octanol–water partition coefficient (Wildman–Crippen LogP) is 3.97. The van der Waals surface area contributed by atoms with Gasteiger partial charge in [-0.1, -0.05) is 48.5 Å². The lowest BCUT2D eigenvalue weighted by Crippen LogP contribution is -2.54. The Kier molecular flexibility index (Phi) is 4.79. The summed E-state index contributed by atoms with van der Waals surface area (Å²) in [6.07, 6.45) is 0.780. The fourth-order valence-corrected chi connectivity index (χ4v) is 4.71. The molecule has 2 aromatic rings. The highest BCUT2D eigenvalue weighted by molar-refractivity contribution is 7.99. The fourth-order valence-electron chi connectivity index (χ4n) is 3.72. The van der Waals surface area contributed by atoms with Crippen molar-refractivity contribution in [2.75, 3.05) is 16.4 Å². The Morgan fingerprint density at radius 2 is 1.78 bits per heavy atom. The Morgan fingerprint density at radius 3 is 2.48 bits per heavy atom. The van der Waals surface area contributed by atoms with Gasteiger partial charge in [-0.25, -0.2) is 4.79 Å². The smallest absolute Gasteiger partial charge is 0.340 e. The van der Waals surface area contributed by atoms with E-state index in [4.69, 9.17) is 4.74 Å². The van der Waals surface area contributed by atoms with Crippen LogP contribution in [0, 0.1) is 0 Å². The summed E-state index contributed by atoms with van der Waals surface area (Å²) >= 11 is 1.74. The molecule has 5 heteroatoms. The average Bonchev–Trinajstić information content (AvgIpc) is 2.96. The minimum absolute atomic E-state index is 0.133. The third kappa shape index (κ3) is 3.06. The summed E-state index contributed by atoms with van der Waals surface area (Å²) in [5.41, 5.74) is 2.12. The number of hydrogen-bond acceptors (Lipinski definition) is 5. The number of ketones is 1. The summed E-state index contributed by atoms with van der Waals surface area (Å²) in [5, 5.41) is 0. The second-order valence-electron chi connectivity index (χ2n) is 6.86. The number of thioether (sulfide) groups is 1.